The van der Waals surface area contributed by atoms with Crippen molar-refractivity contribution in [2.24, 2.45) is 0 Å². The standard InChI is InChI=1S/C13H14F2N2O2/c1-4-11-16-9-5-7(14)8(15)6-10(9)17(11)13(2,3)12(18)19/h5-6H,4H2,1-3H3,(H,18,19). The fourth-order valence-electron chi connectivity index (χ4n) is 2.08. The number of rotatable bonds is 3. The molecule has 0 radical (unpaired) electrons. The highest BCUT2D eigenvalue weighted by Gasteiger charge is 2.33. The van der Waals surface area contributed by atoms with Gasteiger partial charge in [-0.2, -0.15) is 0 Å². The van der Waals surface area contributed by atoms with E-state index in [1.807, 2.05) is 6.92 Å². The van der Waals surface area contributed by atoms with E-state index in [1.165, 1.54) is 18.4 Å². The lowest BCUT2D eigenvalue weighted by molar-refractivity contribution is -0.145. The van der Waals surface area contributed by atoms with Crippen molar-refractivity contribution in [1.29, 1.82) is 0 Å². The molecule has 1 N–H and O–H groups in total. The number of carboxylic acid groups (broad SMARTS) is 1. The first kappa shape index (κ1) is 13.5. The number of hydrogen-bond acceptors (Lipinski definition) is 2. The van der Waals surface area contributed by atoms with Crippen molar-refractivity contribution in [3.63, 3.8) is 0 Å². The maximum Gasteiger partial charge on any atom is 0.329 e. The highest BCUT2D eigenvalue weighted by atomic mass is 19.2. The Balaban J connectivity index is 2.85. The summed E-state index contributed by atoms with van der Waals surface area (Å²) in [4.78, 5) is 15.5. The van der Waals surface area contributed by atoms with E-state index in [4.69, 9.17) is 0 Å². The van der Waals surface area contributed by atoms with Crippen molar-refractivity contribution < 1.29 is 18.7 Å². The maximum atomic E-state index is 13.4. The minimum Gasteiger partial charge on any atom is -0.480 e. The molecule has 0 aliphatic heterocycles. The number of halogens is 2. The fraction of sp³-hybridized carbons (Fsp3) is 0.385. The Morgan fingerprint density at radius 2 is 1.95 bits per heavy atom. The number of imidazole rings is 1. The molecule has 2 rings (SSSR count). The van der Waals surface area contributed by atoms with Gasteiger partial charge in [0, 0.05) is 18.6 Å². The number of aromatic nitrogens is 2. The van der Waals surface area contributed by atoms with Crippen LogP contribution in [-0.4, -0.2) is 20.6 Å². The third kappa shape index (κ3) is 1.97. The van der Waals surface area contributed by atoms with Gasteiger partial charge in [-0.3, -0.25) is 0 Å². The fourth-order valence-corrected chi connectivity index (χ4v) is 2.08. The second kappa shape index (κ2) is 4.29. The molecule has 2 aromatic rings. The Hall–Kier alpha value is -1.98. The largest absolute Gasteiger partial charge is 0.480 e. The molecule has 6 heteroatoms. The number of aryl methyl sites for hydroxylation is 1. The quantitative estimate of drug-likeness (QED) is 0.931. The molecule has 1 heterocycles. The number of aliphatic carboxylic acids is 1. The summed E-state index contributed by atoms with van der Waals surface area (Å²) in [6.45, 7) is 4.80. The van der Waals surface area contributed by atoms with Gasteiger partial charge in [0.2, 0.25) is 0 Å². The number of nitrogens with zero attached hydrogens (tertiary/aromatic N) is 2. The number of benzene rings is 1. The number of fused-ring (bicyclic) bond motifs is 1. The van der Waals surface area contributed by atoms with Crippen molar-refractivity contribution in [2.45, 2.75) is 32.7 Å². The maximum absolute atomic E-state index is 13.4. The molecule has 1 aromatic carbocycles. The minimum atomic E-state index is -1.29. The Kier molecular flexibility index (Phi) is 3.04. The van der Waals surface area contributed by atoms with Gasteiger partial charge < -0.3 is 9.67 Å². The predicted octanol–water partition coefficient (Wildman–Crippen LogP) is 2.70. The van der Waals surface area contributed by atoms with Gasteiger partial charge in [0.1, 0.15) is 11.4 Å². The van der Waals surface area contributed by atoms with Gasteiger partial charge in [-0.25, -0.2) is 18.6 Å². The lowest BCUT2D eigenvalue weighted by Crippen LogP contribution is -2.36. The average Bonchev–Trinajstić information content (AvgIpc) is 2.67. The molecule has 19 heavy (non-hydrogen) atoms. The second-order valence-electron chi connectivity index (χ2n) is 4.84. The van der Waals surface area contributed by atoms with Crippen LogP contribution >= 0.6 is 0 Å². The summed E-state index contributed by atoms with van der Waals surface area (Å²) in [5, 5.41) is 9.30. The molecule has 0 fully saturated rings. The summed E-state index contributed by atoms with van der Waals surface area (Å²) in [6.07, 6.45) is 0.467. The van der Waals surface area contributed by atoms with Gasteiger partial charge in [0.15, 0.2) is 11.6 Å². The molecule has 0 bridgehead atoms. The molecule has 0 unspecified atom stereocenters. The van der Waals surface area contributed by atoms with Crippen molar-refractivity contribution in [3.8, 4) is 0 Å². The van der Waals surface area contributed by atoms with Gasteiger partial charge >= 0.3 is 5.97 Å². The van der Waals surface area contributed by atoms with Crippen LogP contribution in [0.5, 0.6) is 0 Å². The summed E-state index contributed by atoms with van der Waals surface area (Å²) in [6, 6.07) is 1.97. The van der Waals surface area contributed by atoms with Gasteiger partial charge in [-0.1, -0.05) is 6.92 Å². The molecule has 0 spiro atoms. The Morgan fingerprint density at radius 3 is 2.47 bits per heavy atom. The van der Waals surface area contributed by atoms with E-state index in [0.29, 0.717) is 12.2 Å². The lowest BCUT2D eigenvalue weighted by Gasteiger charge is -2.24. The summed E-state index contributed by atoms with van der Waals surface area (Å²) >= 11 is 0. The smallest absolute Gasteiger partial charge is 0.329 e. The van der Waals surface area contributed by atoms with E-state index in [2.05, 4.69) is 4.98 Å². The summed E-state index contributed by atoms with van der Waals surface area (Å²) in [7, 11) is 0. The van der Waals surface area contributed by atoms with Gasteiger partial charge in [0.05, 0.1) is 11.0 Å². The zero-order valence-corrected chi connectivity index (χ0v) is 10.9. The highest BCUT2D eigenvalue weighted by Crippen LogP contribution is 2.27. The van der Waals surface area contributed by atoms with E-state index in [0.717, 1.165) is 12.1 Å². The van der Waals surface area contributed by atoms with Crippen LogP contribution in [0.2, 0.25) is 0 Å². The molecule has 1 aromatic heterocycles. The van der Waals surface area contributed by atoms with Crippen molar-refractivity contribution >= 4 is 17.0 Å². The molecular weight excluding hydrogens is 254 g/mol. The Bertz CT molecular complexity index is 662. The first-order chi connectivity index (χ1) is 8.78. The molecule has 0 aliphatic carbocycles. The topological polar surface area (TPSA) is 55.1 Å². The zero-order valence-electron chi connectivity index (χ0n) is 10.9. The number of hydrogen-bond donors (Lipinski definition) is 1. The van der Waals surface area contributed by atoms with E-state index in [-0.39, 0.29) is 11.0 Å². The normalized spacial score (nSPS) is 12.1. The zero-order chi connectivity index (χ0) is 14.4. The monoisotopic (exact) mass is 268 g/mol. The van der Waals surface area contributed by atoms with Crippen LogP contribution in [0, 0.1) is 11.6 Å². The van der Waals surface area contributed by atoms with Crippen LogP contribution in [0.4, 0.5) is 8.78 Å². The molecule has 0 atom stereocenters. The van der Waals surface area contributed by atoms with E-state index in [9.17, 15) is 18.7 Å². The van der Waals surface area contributed by atoms with Crippen LogP contribution < -0.4 is 0 Å². The van der Waals surface area contributed by atoms with Gasteiger partial charge in [-0.05, 0) is 13.8 Å². The second-order valence-corrected chi connectivity index (χ2v) is 4.84. The van der Waals surface area contributed by atoms with Gasteiger partial charge in [0.25, 0.3) is 0 Å². The van der Waals surface area contributed by atoms with Crippen LogP contribution in [0.3, 0.4) is 0 Å². The van der Waals surface area contributed by atoms with Crippen LogP contribution in [-0.2, 0) is 16.8 Å². The van der Waals surface area contributed by atoms with Crippen molar-refractivity contribution in [2.75, 3.05) is 0 Å². The van der Waals surface area contributed by atoms with Crippen LogP contribution in [0.1, 0.15) is 26.6 Å². The highest BCUT2D eigenvalue weighted by molar-refractivity contribution is 5.82. The number of carbonyl (C=O) groups is 1. The van der Waals surface area contributed by atoms with E-state index in [1.54, 1.807) is 0 Å². The first-order valence-corrected chi connectivity index (χ1v) is 5.89. The molecule has 0 saturated carbocycles. The first-order valence-electron chi connectivity index (χ1n) is 5.89. The summed E-state index contributed by atoms with van der Waals surface area (Å²) in [5.41, 5.74) is -0.752. The van der Waals surface area contributed by atoms with Crippen LogP contribution in [0.15, 0.2) is 12.1 Å². The third-order valence-corrected chi connectivity index (χ3v) is 3.16. The van der Waals surface area contributed by atoms with Crippen molar-refractivity contribution in [3.05, 3.63) is 29.6 Å². The molecule has 0 saturated heterocycles. The molecule has 102 valence electrons. The Labute approximate surface area is 108 Å². The lowest BCUT2D eigenvalue weighted by atomic mass is 10.0. The average molecular weight is 268 g/mol. The molecule has 4 nitrogen and oxygen atoms in total. The SMILES string of the molecule is CCc1nc2cc(F)c(F)cc2n1C(C)(C)C(=O)O. The summed E-state index contributed by atoms with van der Waals surface area (Å²) < 4.78 is 28.0. The van der Waals surface area contributed by atoms with Crippen molar-refractivity contribution in [1.82, 2.24) is 9.55 Å². The van der Waals surface area contributed by atoms with Gasteiger partial charge in [-0.15, -0.1) is 0 Å². The van der Waals surface area contributed by atoms with E-state index < -0.39 is 23.1 Å². The predicted molar refractivity (Wildman–Crippen MR) is 66.0 cm³/mol. The Morgan fingerprint density at radius 1 is 1.37 bits per heavy atom. The summed E-state index contributed by atoms with van der Waals surface area (Å²) in [5.74, 6) is -2.59. The van der Waals surface area contributed by atoms with Crippen LogP contribution in [0.25, 0.3) is 11.0 Å². The number of carboxylic acids is 1. The minimum absolute atomic E-state index is 0.255. The van der Waals surface area contributed by atoms with E-state index >= 15 is 0 Å². The molecule has 0 aliphatic rings. The molecule has 0 amide bonds. The molecular formula is C13H14F2N2O2. The third-order valence-electron chi connectivity index (χ3n) is 3.16.